The van der Waals surface area contributed by atoms with Crippen LogP contribution in [0.15, 0.2) is 47.6 Å². The maximum Gasteiger partial charge on any atom is 0.188 e. The zero-order chi connectivity index (χ0) is 20.1. The van der Waals surface area contributed by atoms with Crippen LogP contribution in [0.5, 0.6) is 5.75 Å². The van der Waals surface area contributed by atoms with Crippen LogP contribution in [-0.4, -0.2) is 22.3 Å². The SMILES string of the molecule is C#CCOc1ccc2nc(SCC(C)C)nc(-c3ccc(C(C)C)cc3)c2c1. The molecule has 0 aliphatic heterocycles. The number of hydrogen-bond acceptors (Lipinski definition) is 4. The normalized spacial score (nSPS) is 11.2. The second-order valence-corrected chi connectivity index (χ2v) is 8.50. The van der Waals surface area contributed by atoms with Gasteiger partial charge in [0.15, 0.2) is 5.16 Å². The molecule has 1 aromatic heterocycles. The molecule has 0 aliphatic rings. The van der Waals surface area contributed by atoms with Crippen LogP contribution in [0.25, 0.3) is 22.2 Å². The largest absolute Gasteiger partial charge is 0.481 e. The van der Waals surface area contributed by atoms with E-state index < -0.39 is 0 Å². The minimum atomic E-state index is 0.243. The standard InChI is InChI=1S/C24H26N2OS/c1-6-13-27-20-11-12-22-21(14-20)23(26-24(25-22)28-15-16(2)3)19-9-7-18(8-10-19)17(4)5/h1,7-12,14,16-17H,13,15H2,2-5H3. The van der Waals surface area contributed by atoms with E-state index in [4.69, 9.17) is 21.1 Å². The highest BCUT2D eigenvalue weighted by molar-refractivity contribution is 7.99. The van der Waals surface area contributed by atoms with Crippen LogP contribution in [0.2, 0.25) is 0 Å². The van der Waals surface area contributed by atoms with Crippen molar-refractivity contribution >= 4 is 22.7 Å². The molecule has 0 aliphatic carbocycles. The molecule has 3 rings (SSSR count). The molecular formula is C24H26N2OS. The third-order valence-electron chi connectivity index (χ3n) is 4.37. The molecule has 144 valence electrons. The van der Waals surface area contributed by atoms with Crippen LogP contribution in [0.4, 0.5) is 0 Å². The van der Waals surface area contributed by atoms with Crippen molar-refractivity contribution in [2.45, 2.75) is 38.8 Å². The molecule has 0 saturated carbocycles. The summed E-state index contributed by atoms with van der Waals surface area (Å²) in [5.41, 5.74) is 4.24. The van der Waals surface area contributed by atoms with Gasteiger partial charge in [-0.15, -0.1) is 6.42 Å². The summed E-state index contributed by atoms with van der Waals surface area (Å²) in [6.45, 7) is 9.05. The second-order valence-electron chi connectivity index (χ2n) is 7.51. The Hall–Kier alpha value is -2.51. The van der Waals surface area contributed by atoms with Crippen LogP contribution < -0.4 is 4.74 Å². The van der Waals surface area contributed by atoms with Crippen LogP contribution in [0, 0.1) is 18.3 Å². The summed E-state index contributed by atoms with van der Waals surface area (Å²) in [6, 6.07) is 14.5. The molecule has 0 bridgehead atoms. The maximum atomic E-state index is 5.62. The van der Waals surface area contributed by atoms with Crippen LogP contribution in [-0.2, 0) is 0 Å². The van der Waals surface area contributed by atoms with E-state index in [1.807, 2.05) is 18.2 Å². The third-order valence-corrected chi connectivity index (χ3v) is 5.64. The van der Waals surface area contributed by atoms with Crippen LogP contribution >= 0.6 is 11.8 Å². The number of ether oxygens (including phenoxy) is 1. The lowest BCUT2D eigenvalue weighted by atomic mass is 9.99. The molecule has 0 spiro atoms. The quantitative estimate of drug-likeness (QED) is 0.274. The lowest BCUT2D eigenvalue weighted by Gasteiger charge is -2.12. The average Bonchev–Trinajstić information content (AvgIpc) is 2.70. The van der Waals surface area contributed by atoms with E-state index in [-0.39, 0.29) is 6.61 Å². The molecule has 0 saturated heterocycles. The second kappa shape index (κ2) is 9.12. The van der Waals surface area contributed by atoms with Gasteiger partial charge in [-0.1, -0.05) is 69.6 Å². The number of hydrogen-bond donors (Lipinski definition) is 0. The average molecular weight is 391 g/mol. The first kappa shape index (κ1) is 20.2. The summed E-state index contributed by atoms with van der Waals surface area (Å²) in [7, 11) is 0. The van der Waals surface area contributed by atoms with Gasteiger partial charge in [0.25, 0.3) is 0 Å². The van der Waals surface area contributed by atoms with E-state index >= 15 is 0 Å². The summed E-state index contributed by atoms with van der Waals surface area (Å²) in [5, 5.41) is 1.78. The van der Waals surface area contributed by atoms with Crippen LogP contribution in [0.1, 0.15) is 39.2 Å². The smallest absolute Gasteiger partial charge is 0.188 e. The Labute approximate surface area is 171 Å². The van der Waals surface area contributed by atoms with Gasteiger partial charge in [-0.25, -0.2) is 9.97 Å². The lowest BCUT2D eigenvalue weighted by molar-refractivity contribution is 0.371. The molecular weight excluding hydrogens is 364 g/mol. The molecule has 0 unspecified atom stereocenters. The third kappa shape index (κ3) is 4.85. The van der Waals surface area contributed by atoms with Crippen molar-refractivity contribution in [1.82, 2.24) is 9.97 Å². The number of aromatic nitrogens is 2. The van der Waals surface area contributed by atoms with Crippen molar-refractivity contribution in [2.75, 3.05) is 12.4 Å². The van der Waals surface area contributed by atoms with E-state index in [9.17, 15) is 0 Å². The highest BCUT2D eigenvalue weighted by Crippen LogP contribution is 2.32. The topological polar surface area (TPSA) is 35.0 Å². The highest BCUT2D eigenvalue weighted by Gasteiger charge is 2.13. The number of nitrogens with zero attached hydrogens (tertiary/aromatic N) is 2. The Kier molecular flexibility index (Phi) is 6.59. The first-order valence-corrected chi connectivity index (χ1v) is 10.6. The fourth-order valence-electron chi connectivity index (χ4n) is 2.85. The highest BCUT2D eigenvalue weighted by atomic mass is 32.2. The van der Waals surface area contributed by atoms with Gasteiger partial charge in [0.1, 0.15) is 12.4 Å². The molecule has 0 fully saturated rings. The Morgan fingerprint density at radius 2 is 1.79 bits per heavy atom. The molecule has 0 radical (unpaired) electrons. The van der Waals surface area contributed by atoms with E-state index in [2.05, 4.69) is 57.9 Å². The minimum absolute atomic E-state index is 0.243. The lowest BCUT2D eigenvalue weighted by Crippen LogP contribution is -1.99. The van der Waals surface area contributed by atoms with E-state index in [1.54, 1.807) is 11.8 Å². The predicted octanol–water partition coefficient (Wildman–Crippen LogP) is 6.18. The number of benzene rings is 2. The zero-order valence-corrected chi connectivity index (χ0v) is 17.7. The molecule has 1 heterocycles. The summed E-state index contributed by atoms with van der Waals surface area (Å²) in [4.78, 5) is 9.65. The molecule has 3 aromatic rings. The van der Waals surface area contributed by atoms with Crippen molar-refractivity contribution < 1.29 is 4.74 Å². The molecule has 28 heavy (non-hydrogen) atoms. The van der Waals surface area contributed by atoms with Gasteiger partial charge in [0, 0.05) is 16.7 Å². The summed E-state index contributed by atoms with van der Waals surface area (Å²) < 4.78 is 5.62. The Morgan fingerprint density at radius 1 is 1.04 bits per heavy atom. The Morgan fingerprint density at radius 3 is 2.43 bits per heavy atom. The zero-order valence-electron chi connectivity index (χ0n) is 16.9. The molecule has 2 aromatic carbocycles. The first-order valence-electron chi connectivity index (χ1n) is 9.59. The Balaban J connectivity index is 2.10. The monoisotopic (exact) mass is 390 g/mol. The van der Waals surface area contributed by atoms with Gasteiger partial charge in [0.2, 0.25) is 0 Å². The van der Waals surface area contributed by atoms with Crippen molar-refractivity contribution in [1.29, 1.82) is 0 Å². The van der Waals surface area contributed by atoms with E-state index in [0.717, 1.165) is 38.8 Å². The molecule has 0 atom stereocenters. The number of thioether (sulfide) groups is 1. The first-order chi connectivity index (χ1) is 13.5. The summed E-state index contributed by atoms with van der Waals surface area (Å²) in [6.07, 6.45) is 5.32. The van der Waals surface area contributed by atoms with Gasteiger partial charge < -0.3 is 4.74 Å². The number of fused-ring (bicyclic) bond motifs is 1. The predicted molar refractivity (Wildman–Crippen MR) is 119 cm³/mol. The van der Waals surface area contributed by atoms with E-state index in [0.29, 0.717) is 11.8 Å². The van der Waals surface area contributed by atoms with Crippen molar-refractivity contribution in [3.8, 4) is 29.4 Å². The fraction of sp³-hybridized carbons (Fsp3) is 0.333. The number of rotatable bonds is 7. The van der Waals surface area contributed by atoms with Gasteiger partial charge in [-0.2, -0.15) is 0 Å². The van der Waals surface area contributed by atoms with Gasteiger partial charge in [0.05, 0.1) is 11.2 Å². The molecule has 3 nitrogen and oxygen atoms in total. The van der Waals surface area contributed by atoms with Gasteiger partial charge in [-0.05, 0) is 35.6 Å². The fourth-order valence-corrected chi connectivity index (χ4v) is 3.65. The van der Waals surface area contributed by atoms with Gasteiger partial charge in [-0.3, -0.25) is 0 Å². The van der Waals surface area contributed by atoms with Gasteiger partial charge >= 0.3 is 0 Å². The van der Waals surface area contributed by atoms with Crippen LogP contribution in [0.3, 0.4) is 0 Å². The maximum absolute atomic E-state index is 5.62. The van der Waals surface area contributed by atoms with Crippen molar-refractivity contribution in [3.63, 3.8) is 0 Å². The van der Waals surface area contributed by atoms with Crippen molar-refractivity contribution in [2.24, 2.45) is 5.92 Å². The molecule has 4 heteroatoms. The van der Waals surface area contributed by atoms with E-state index in [1.165, 1.54) is 5.56 Å². The summed E-state index contributed by atoms with van der Waals surface area (Å²) >= 11 is 1.70. The summed E-state index contributed by atoms with van der Waals surface area (Å²) in [5.74, 6) is 5.31. The Bertz CT molecular complexity index is 988. The number of terminal acetylenes is 1. The minimum Gasteiger partial charge on any atom is -0.481 e. The van der Waals surface area contributed by atoms with Crippen molar-refractivity contribution in [3.05, 3.63) is 48.0 Å². The molecule has 0 N–H and O–H groups in total. The molecule has 0 amide bonds.